The van der Waals surface area contributed by atoms with Gasteiger partial charge in [0.2, 0.25) is 5.75 Å². The lowest BCUT2D eigenvalue weighted by Gasteiger charge is -2.28. The van der Waals surface area contributed by atoms with Crippen molar-refractivity contribution >= 4 is 17.4 Å². The van der Waals surface area contributed by atoms with Crippen LogP contribution in [-0.2, 0) is 14.3 Å². The number of likely N-dealkylation sites (tertiary alicyclic amines) is 1. The van der Waals surface area contributed by atoms with Gasteiger partial charge in [0.1, 0.15) is 19.0 Å². The Bertz CT molecular complexity index is 1220. The van der Waals surface area contributed by atoms with Gasteiger partial charge in [0.15, 0.2) is 23.0 Å². The van der Waals surface area contributed by atoms with E-state index in [4.69, 9.17) is 28.4 Å². The molecule has 3 aliphatic heterocycles. The number of ketones is 1. The summed E-state index contributed by atoms with van der Waals surface area (Å²) in [6, 6.07) is 7.34. The number of amides is 1. The van der Waals surface area contributed by atoms with Crippen LogP contribution >= 0.6 is 0 Å². The van der Waals surface area contributed by atoms with Gasteiger partial charge < -0.3 is 38.4 Å². The Morgan fingerprint density at radius 1 is 0.973 bits per heavy atom. The van der Waals surface area contributed by atoms with Crippen LogP contribution in [0.2, 0.25) is 0 Å². The van der Waals surface area contributed by atoms with Gasteiger partial charge in [-0.05, 0) is 48.7 Å². The number of aliphatic hydroxyl groups excluding tert-OH is 1. The lowest BCUT2D eigenvalue weighted by atomic mass is 9.94. The van der Waals surface area contributed by atoms with E-state index in [1.807, 2.05) is 0 Å². The Hall–Kier alpha value is -3.92. The van der Waals surface area contributed by atoms with Gasteiger partial charge in [-0.1, -0.05) is 0 Å². The van der Waals surface area contributed by atoms with Gasteiger partial charge in [-0.3, -0.25) is 9.59 Å². The zero-order chi connectivity index (χ0) is 26.1. The highest BCUT2D eigenvalue weighted by molar-refractivity contribution is 6.46. The van der Waals surface area contributed by atoms with E-state index in [1.165, 1.54) is 26.2 Å². The van der Waals surface area contributed by atoms with Gasteiger partial charge in [0, 0.05) is 18.7 Å². The second-order valence-electron chi connectivity index (χ2n) is 8.90. The molecular formula is C27H29NO9. The number of methoxy groups -OCH3 is 3. The van der Waals surface area contributed by atoms with Gasteiger partial charge >= 0.3 is 0 Å². The van der Waals surface area contributed by atoms with Crippen LogP contribution in [0.5, 0.6) is 28.7 Å². The molecule has 2 saturated heterocycles. The number of aliphatic hydroxyl groups is 1. The fraction of sp³-hybridized carbons (Fsp3) is 0.407. The number of Topliss-reactive ketones (excluding diaryl/α,β-unsaturated/α-hetero) is 1. The molecule has 0 spiro atoms. The van der Waals surface area contributed by atoms with Gasteiger partial charge in [0.25, 0.3) is 11.7 Å². The number of benzene rings is 2. The minimum absolute atomic E-state index is 0.0473. The smallest absolute Gasteiger partial charge is 0.295 e. The summed E-state index contributed by atoms with van der Waals surface area (Å²) in [5.41, 5.74) is 0.802. The van der Waals surface area contributed by atoms with Gasteiger partial charge in [-0.2, -0.15) is 0 Å². The number of hydrogen-bond donors (Lipinski definition) is 1. The Morgan fingerprint density at radius 2 is 1.68 bits per heavy atom. The molecule has 0 aliphatic carbocycles. The molecule has 0 radical (unpaired) electrons. The van der Waals surface area contributed by atoms with Crippen molar-refractivity contribution in [3.63, 3.8) is 0 Å². The van der Waals surface area contributed by atoms with Crippen molar-refractivity contribution in [2.24, 2.45) is 0 Å². The third-order valence-corrected chi connectivity index (χ3v) is 6.78. The van der Waals surface area contributed by atoms with E-state index in [2.05, 4.69) is 0 Å². The van der Waals surface area contributed by atoms with E-state index in [-0.39, 0.29) is 24.0 Å². The van der Waals surface area contributed by atoms with Crippen molar-refractivity contribution in [2.75, 3.05) is 47.7 Å². The Balaban J connectivity index is 1.66. The SMILES string of the molecule is COc1cc([C@@H]2C(=C(O)c3ccc4c(c3)OCCO4)C(=O)C(=O)N2C[C@@H]2CCCO2)cc(OC)c1OC. The van der Waals surface area contributed by atoms with Crippen molar-refractivity contribution in [1.82, 2.24) is 4.90 Å². The summed E-state index contributed by atoms with van der Waals surface area (Å²) in [5.74, 6) is 0.270. The summed E-state index contributed by atoms with van der Waals surface area (Å²) in [7, 11) is 4.46. The highest BCUT2D eigenvalue weighted by Crippen LogP contribution is 2.46. The summed E-state index contributed by atoms with van der Waals surface area (Å²) >= 11 is 0. The molecule has 0 bridgehead atoms. The molecule has 5 rings (SSSR count). The molecule has 2 fully saturated rings. The molecule has 0 aromatic heterocycles. The molecule has 3 heterocycles. The van der Waals surface area contributed by atoms with E-state index < -0.39 is 17.7 Å². The third-order valence-electron chi connectivity index (χ3n) is 6.78. The van der Waals surface area contributed by atoms with Crippen LogP contribution in [0, 0.1) is 0 Å². The van der Waals surface area contributed by atoms with E-state index in [0.29, 0.717) is 59.7 Å². The molecule has 10 nitrogen and oxygen atoms in total. The summed E-state index contributed by atoms with van der Waals surface area (Å²) in [6.45, 7) is 1.59. The molecule has 0 unspecified atom stereocenters. The number of nitrogens with zero attached hydrogens (tertiary/aromatic N) is 1. The molecule has 37 heavy (non-hydrogen) atoms. The number of carbonyl (C=O) groups is 2. The lowest BCUT2D eigenvalue weighted by molar-refractivity contribution is -0.140. The highest BCUT2D eigenvalue weighted by Gasteiger charge is 2.47. The van der Waals surface area contributed by atoms with Crippen LogP contribution in [0.4, 0.5) is 0 Å². The summed E-state index contributed by atoms with van der Waals surface area (Å²) in [4.78, 5) is 28.2. The van der Waals surface area contributed by atoms with Crippen molar-refractivity contribution in [3.8, 4) is 28.7 Å². The molecule has 1 amide bonds. The van der Waals surface area contributed by atoms with Crippen molar-refractivity contribution < 1.29 is 43.1 Å². The highest BCUT2D eigenvalue weighted by atomic mass is 16.6. The maximum Gasteiger partial charge on any atom is 0.295 e. The fourth-order valence-corrected chi connectivity index (χ4v) is 5.03. The van der Waals surface area contributed by atoms with Gasteiger partial charge in [-0.15, -0.1) is 0 Å². The predicted octanol–water partition coefficient (Wildman–Crippen LogP) is 3.08. The normalized spacial score (nSPS) is 22.3. The van der Waals surface area contributed by atoms with E-state index in [9.17, 15) is 14.7 Å². The molecule has 0 saturated carbocycles. The molecule has 1 N–H and O–H groups in total. The van der Waals surface area contributed by atoms with Crippen LogP contribution in [-0.4, -0.2) is 75.5 Å². The van der Waals surface area contributed by atoms with Crippen LogP contribution in [0.3, 0.4) is 0 Å². The zero-order valence-electron chi connectivity index (χ0n) is 20.9. The van der Waals surface area contributed by atoms with Crippen molar-refractivity contribution in [3.05, 3.63) is 47.0 Å². The maximum absolute atomic E-state index is 13.4. The second kappa shape index (κ2) is 10.2. The summed E-state index contributed by atoms with van der Waals surface area (Å²) in [6.07, 6.45) is 1.44. The van der Waals surface area contributed by atoms with Crippen LogP contribution in [0.1, 0.15) is 30.0 Å². The van der Waals surface area contributed by atoms with Gasteiger partial charge in [0.05, 0.1) is 39.0 Å². The molecule has 2 aromatic rings. The number of hydrogen-bond acceptors (Lipinski definition) is 9. The number of ether oxygens (including phenoxy) is 6. The van der Waals surface area contributed by atoms with Crippen LogP contribution < -0.4 is 23.7 Å². The first kappa shape index (κ1) is 24.8. The molecule has 2 atom stereocenters. The van der Waals surface area contributed by atoms with Gasteiger partial charge in [-0.25, -0.2) is 0 Å². The summed E-state index contributed by atoms with van der Waals surface area (Å²) in [5, 5.41) is 11.4. The second-order valence-corrected chi connectivity index (χ2v) is 8.90. The molecule has 2 aromatic carbocycles. The number of rotatable bonds is 7. The Kier molecular flexibility index (Phi) is 6.84. The molecular weight excluding hydrogens is 482 g/mol. The summed E-state index contributed by atoms with van der Waals surface area (Å²) < 4.78 is 33.5. The van der Waals surface area contributed by atoms with E-state index in [1.54, 1.807) is 30.3 Å². The average molecular weight is 512 g/mol. The Morgan fingerprint density at radius 3 is 2.30 bits per heavy atom. The quantitative estimate of drug-likeness (QED) is 0.340. The first-order valence-electron chi connectivity index (χ1n) is 12.1. The average Bonchev–Trinajstić information content (AvgIpc) is 3.53. The number of carbonyl (C=O) groups excluding carboxylic acids is 2. The van der Waals surface area contributed by atoms with Crippen molar-refractivity contribution in [2.45, 2.75) is 25.0 Å². The van der Waals surface area contributed by atoms with Crippen molar-refractivity contribution in [1.29, 1.82) is 0 Å². The van der Waals surface area contributed by atoms with Crippen LogP contribution in [0.25, 0.3) is 5.76 Å². The fourth-order valence-electron chi connectivity index (χ4n) is 5.03. The minimum atomic E-state index is -0.911. The largest absolute Gasteiger partial charge is 0.507 e. The maximum atomic E-state index is 13.4. The monoisotopic (exact) mass is 511 g/mol. The molecule has 196 valence electrons. The zero-order valence-corrected chi connectivity index (χ0v) is 20.9. The predicted molar refractivity (Wildman–Crippen MR) is 132 cm³/mol. The van der Waals surface area contributed by atoms with Crippen LogP contribution in [0.15, 0.2) is 35.9 Å². The lowest BCUT2D eigenvalue weighted by Crippen LogP contribution is -2.36. The first-order chi connectivity index (χ1) is 18.0. The molecule has 10 heteroatoms. The molecule has 3 aliphatic rings. The Labute approximate surface area is 214 Å². The first-order valence-corrected chi connectivity index (χ1v) is 12.1. The van der Waals surface area contributed by atoms with E-state index >= 15 is 0 Å². The third kappa shape index (κ3) is 4.42. The number of fused-ring (bicyclic) bond motifs is 1. The topological polar surface area (TPSA) is 113 Å². The standard InChI is InChI=1S/C27H29NO9/c1-32-20-12-16(13-21(33-2)26(20)34-3)23-22(25(30)27(31)28(23)14-17-5-4-8-35-17)24(29)15-6-7-18-19(11-15)37-10-9-36-18/h6-7,11-13,17,23,29H,4-5,8-10,14H2,1-3H3/t17-,23+/m0/s1. The van der Waals surface area contributed by atoms with E-state index in [0.717, 1.165) is 12.8 Å². The minimum Gasteiger partial charge on any atom is -0.507 e.